The van der Waals surface area contributed by atoms with Gasteiger partial charge in [0.05, 0.1) is 18.3 Å². The van der Waals surface area contributed by atoms with Crippen LogP contribution in [0.2, 0.25) is 0 Å². The highest BCUT2D eigenvalue weighted by atomic mass is 32.1. The lowest BCUT2D eigenvalue weighted by Crippen LogP contribution is -2.47. The predicted molar refractivity (Wildman–Crippen MR) is 161 cm³/mol. The Morgan fingerprint density at radius 3 is 2.48 bits per heavy atom. The van der Waals surface area contributed by atoms with E-state index in [4.69, 9.17) is 0 Å². The lowest BCUT2D eigenvalue weighted by Gasteiger charge is -2.36. The van der Waals surface area contributed by atoms with E-state index in [0.29, 0.717) is 31.6 Å². The molecule has 7 rings (SSSR count). The highest BCUT2D eigenvalue weighted by Gasteiger charge is 2.27. The van der Waals surface area contributed by atoms with Gasteiger partial charge in [0.2, 0.25) is 0 Å². The Morgan fingerprint density at radius 2 is 1.62 bits per heavy atom. The number of carbonyl (C=O) groups is 1. The lowest BCUT2D eigenvalue weighted by atomic mass is 10.0. The van der Waals surface area contributed by atoms with Crippen molar-refractivity contribution in [1.29, 1.82) is 0 Å². The molecule has 0 aliphatic carbocycles. The molecule has 2 aliphatic rings. The molecule has 0 unspecified atom stereocenters. The maximum atomic E-state index is 13.6. The van der Waals surface area contributed by atoms with Gasteiger partial charge in [-0.25, -0.2) is 4.98 Å². The van der Waals surface area contributed by atoms with Gasteiger partial charge in [-0.3, -0.25) is 19.1 Å². The predicted octanol–water partition coefficient (Wildman–Crippen LogP) is 4.63. The molecule has 7 nitrogen and oxygen atoms in total. The van der Waals surface area contributed by atoms with Crippen LogP contribution in [-0.4, -0.2) is 64.5 Å². The molecule has 5 aromatic rings. The molecule has 0 atom stereocenters. The second-order valence-corrected chi connectivity index (χ2v) is 11.7. The Balaban J connectivity index is 1.02. The standard InChI is InChI=1S/C32H31N5O2S/c38-31(24-8-2-1-3-9-24)36-14-13-26-28(21-36)40-30-29(26)32(39)37(22-33-30)20-17-34-15-18-35(19-16-34)27-12-6-10-23-7-4-5-11-25(23)27/h1-12,22H,13-21H2. The minimum absolute atomic E-state index is 0.0367. The first-order valence-corrected chi connectivity index (χ1v) is 14.8. The molecule has 1 saturated heterocycles. The molecule has 40 heavy (non-hydrogen) atoms. The van der Waals surface area contributed by atoms with Gasteiger partial charge in [0, 0.05) is 67.3 Å². The average Bonchev–Trinajstić information content (AvgIpc) is 3.39. The molecular weight excluding hydrogens is 518 g/mol. The zero-order chi connectivity index (χ0) is 27.1. The molecule has 1 amide bonds. The topological polar surface area (TPSA) is 61.7 Å². The number of carbonyl (C=O) groups excluding carboxylic acids is 1. The van der Waals surface area contributed by atoms with Gasteiger partial charge in [0.25, 0.3) is 11.5 Å². The molecular formula is C32H31N5O2S. The number of fused-ring (bicyclic) bond motifs is 4. The second kappa shape index (κ2) is 10.5. The van der Waals surface area contributed by atoms with E-state index in [1.807, 2.05) is 35.2 Å². The van der Waals surface area contributed by atoms with Crippen molar-refractivity contribution in [2.75, 3.05) is 44.2 Å². The third-order valence-corrected chi connectivity index (χ3v) is 9.40. The van der Waals surface area contributed by atoms with E-state index in [-0.39, 0.29) is 11.5 Å². The van der Waals surface area contributed by atoms with Crippen molar-refractivity contribution in [3.63, 3.8) is 0 Å². The van der Waals surface area contributed by atoms with Gasteiger partial charge in [0.15, 0.2) is 0 Å². The van der Waals surface area contributed by atoms with Gasteiger partial charge in [-0.05, 0) is 35.6 Å². The van der Waals surface area contributed by atoms with Crippen LogP contribution >= 0.6 is 11.3 Å². The molecule has 8 heteroatoms. The first kappa shape index (κ1) is 25.0. The smallest absolute Gasteiger partial charge is 0.262 e. The maximum Gasteiger partial charge on any atom is 0.262 e. The van der Waals surface area contributed by atoms with Gasteiger partial charge in [-0.15, -0.1) is 11.3 Å². The summed E-state index contributed by atoms with van der Waals surface area (Å²) in [6.45, 7) is 6.46. The zero-order valence-corrected chi connectivity index (χ0v) is 23.1. The quantitative estimate of drug-likeness (QED) is 0.320. The van der Waals surface area contributed by atoms with E-state index in [1.165, 1.54) is 16.5 Å². The van der Waals surface area contributed by atoms with Crippen molar-refractivity contribution in [3.8, 4) is 0 Å². The fourth-order valence-electron chi connectivity index (χ4n) is 6.06. The Morgan fingerprint density at radius 1 is 0.850 bits per heavy atom. The van der Waals surface area contributed by atoms with Crippen molar-refractivity contribution in [2.24, 2.45) is 0 Å². The molecule has 4 heterocycles. The largest absolute Gasteiger partial charge is 0.368 e. The number of piperazine rings is 1. The molecule has 2 aromatic heterocycles. The summed E-state index contributed by atoms with van der Waals surface area (Å²) in [5.74, 6) is 0.0367. The van der Waals surface area contributed by atoms with Gasteiger partial charge in [-0.2, -0.15) is 0 Å². The SMILES string of the molecule is O=C(c1ccccc1)N1CCc2c(sc3ncn(CCN4CCN(c5cccc6ccccc56)CC4)c(=O)c23)C1. The van der Waals surface area contributed by atoms with E-state index < -0.39 is 0 Å². The summed E-state index contributed by atoms with van der Waals surface area (Å²) in [6.07, 6.45) is 2.39. The van der Waals surface area contributed by atoms with Gasteiger partial charge >= 0.3 is 0 Å². The fourth-order valence-corrected chi connectivity index (χ4v) is 7.25. The molecule has 0 bridgehead atoms. The van der Waals surface area contributed by atoms with Crippen LogP contribution in [0.25, 0.3) is 21.0 Å². The number of thiophene rings is 1. The van der Waals surface area contributed by atoms with Gasteiger partial charge in [-0.1, -0.05) is 54.6 Å². The molecule has 0 N–H and O–H groups in total. The van der Waals surface area contributed by atoms with Crippen LogP contribution < -0.4 is 10.5 Å². The monoisotopic (exact) mass is 549 g/mol. The summed E-state index contributed by atoms with van der Waals surface area (Å²) in [5, 5.41) is 3.32. The Labute approximate surface area is 236 Å². The van der Waals surface area contributed by atoms with Gasteiger partial charge < -0.3 is 9.80 Å². The molecule has 1 fully saturated rings. The summed E-state index contributed by atoms with van der Waals surface area (Å²) in [6, 6.07) is 24.5. The lowest BCUT2D eigenvalue weighted by molar-refractivity contribution is 0.0737. The van der Waals surface area contributed by atoms with E-state index in [0.717, 1.165) is 53.4 Å². The van der Waals surface area contributed by atoms with Crippen LogP contribution in [-0.2, 0) is 19.5 Å². The number of benzene rings is 3. The number of aromatic nitrogens is 2. The summed E-state index contributed by atoms with van der Waals surface area (Å²) >= 11 is 1.55. The van der Waals surface area contributed by atoms with E-state index >= 15 is 0 Å². The first-order chi connectivity index (χ1) is 19.7. The van der Waals surface area contributed by atoms with Crippen molar-refractivity contribution in [3.05, 3.63) is 105 Å². The third kappa shape index (κ3) is 4.57. The van der Waals surface area contributed by atoms with Crippen molar-refractivity contribution in [2.45, 2.75) is 19.5 Å². The Hall–Kier alpha value is -4.01. The summed E-state index contributed by atoms with van der Waals surface area (Å²) in [5.41, 5.74) is 3.12. The van der Waals surface area contributed by atoms with Crippen LogP contribution in [0.1, 0.15) is 20.8 Å². The van der Waals surface area contributed by atoms with Crippen LogP contribution in [0.3, 0.4) is 0 Å². The van der Waals surface area contributed by atoms with Crippen LogP contribution in [0.5, 0.6) is 0 Å². The minimum Gasteiger partial charge on any atom is -0.368 e. The van der Waals surface area contributed by atoms with Crippen LogP contribution in [0, 0.1) is 0 Å². The molecule has 0 spiro atoms. The van der Waals surface area contributed by atoms with Crippen molar-refractivity contribution < 1.29 is 4.79 Å². The van der Waals surface area contributed by atoms with Crippen molar-refractivity contribution in [1.82, 2.24) is 19.4 Å². The normalized spacial score (nSPS) is 16.0. The highest BCUT2D eigenvalue weighted by Crippen LogP contribution is 2.33. The number of hydrogen-bond acceptors (Lipinski definition) is 6. The summed E-state index contributed by atoms with van der Waals surface area (Å²) < 4.78 is 1.77. The Kier molecular flexibility index (Phi) is 6.57. The van der Waals surface area contributed by atoms with Crippen LogP contribution in [0.4, 0.5) is 5.69 Å². The minimum atomic E-state index is 0.0367. The molecule has 0 saturated carbocycles. The molecule has 2 aliphatic heterocycles. The summed E-state index contributed by atoms with van der Waals surface area (Å²) in [7, 11) is 0. The number of anilines is 1. The second-order valence-electron chi connectivity index (χ2n) is 10.6. The average molecular weight is 550 g/mol. The fraction of sp³-hybridized carbons (Fsp3) is 0.281. The molecule has 3 aromatic carbocycles. The van der Waals surface area contributed by atoms with E-state index in [2.05, 4.69) is 57.2 Å². The first-order valence-electron chi connectivity index (χ1n) is 13.9. The molecule has 0 radical (unpaired) electrons. The third-order valence-electron chi connectivity index (χ3n) is 8.27. The zero-order valence-electron chi connectivity index (χ0n) is 22.3. The Bertz CT molecular complexity index is 1750. The number of nitrogens with zero attached hydrogens (tertiary/aromatic N) is 5. The molecule has 202 valence electrons. The highest BCUT2D eigenvalue weighted by molar-refractivity contribution is 7.18. The number of rotatable bonds is 5. The maximum absolute atomic E-state index is 13.6. The van der Waals surface area contributed by atoms with E-state index in [9.17, 15) is 9.59 Å². The number of amides is 1. The van der Waals surface area contributed by atoms with Crippen LogP contribution in [0.15, 0.2) is 83.9 Å². The summed E-state index contributed by atoms with van der Waals surface area (Å²) in [4.78, 5) is 39.9. The van der Waals surface area contributed by atoms with Crippen molar-refractivity contribution >= 4 is 43.9 Å². The number of hydrogen-bond donors (Lipinski definition) is 0. The van der Waals surface area contributed by atoms with Gasteiger partial charge in [0.1, 0.15) is 4.83 Å². The van der Waals surface area contributed by atoms with E-state index in [1.54, 1.807) is 22.2 Å².